The molecular weight excluding hydrogens is 339 g/mol. The lowest BCUT2D eigenvalue weighted by atomic mass is 10.1. The normalized spacial score (nSPS) is 12.3. The summed E-state index contributed by atoms with van der Waals surface area (Å²) in [6.45, 7) is 4.27. The van der Waals surface area contributed by atoms with E-state index >= 15 is 0 Å². The van der Waals surface area contributed by atoms with Crippen LogP contribution >= 0.6 is 0 Å². The van der Waals surface area contributed by atoms with Crippen molar-refractivity contribution in [1.82, 2.24) is 14.5 Å². The van der Waals surface area contributed by atoms with Crippen LogP contribution < -0.4 is 5.32 Å². The van der Waals surface area contributed by atoms with Crippen LogP contribution in [0.25, 0.3) is 27.8 Å². The van der Waals surface area contributed by atoms with Crippen molar-refractivity contribution in [2.75, 3.05) is 5.32 Å². The molecule has 1 N–H and O–H groups in total. The summed E-state index contributed by atoms with van der Waals surface area (Å²) < 4.78 is 15.4. The number of hydrogen-bond acceptors (Lipinski definition) is 3. The van der Waals surface area contributed by atoms with Crippen LogP contribution in [0, 0.1) is 5.82 Å². The molecule has 0 fully saturated rings. The van der Waals surface area contributed by atoms with Gasteiger partial charge in [0.1, 0.15) is 18.0 Å². The summed E-state index contributed by atoms with van der Waals surface area (Å²) >= 11 is 0. The number of rotatable bonds is 5. The van der Waals surface area contributed by atoms with Crippen molar-refractivity contribution in [1.29, 1.82) is 0 Å². The Morgan fingerprint density at radius 3 is 2.48 bits per heavy atom. The summed E-state index contributed by atoms with van der Waals surface area (Å²) in [7, 11) is 0. The van der Waals surface area contributed by atoms with Gasteiger partial charge in [0.15, 0.2) is 5.65 Å². The largest absolute Gasteiger partial charge is 0.367 e. The lowest BCUT2D eigenvalue weighted by Gasteiger charge is -2.13. The molecule has 4 nitrogen and oxygen atoms in total. The third-order valence-electron chi connectivity index (χ3n) is 4.77. The minimum Gasteiger partial charge on any atom is -0.367 e. The molecular formula is C22H21FN4. The van der Waals surface area contributed by atoms with Gasteiger partial charge in [-0.25, -0.2) is 14.4 Å². The Labute approximate surface area is 157 Å². The molecule has 136 valence electrons. The first kappa shape index (κ1) is 17.2. The van der Waals surface area contributed by atoms with Gasteiger partial charge in [0, 0.05) is 23.5 Å². The zero-order valence-electron chi connectivity index (χ0n) is 15.4. The monoisotopic (exact) mass is 360 g/mol. The molecule has 2 aromatic heterocycles. The van der Waals surface area contributed by atoms with Crippen molar-refractivity contribution in [2.24, 2.45) is 0 Å². The first-order valence-corrected chi connectivity index (χ1v) is 9.11. The van der Waals surface area contributed by atoms with E-state index in [0.29, 0.717) is 6.04 Å². The molecule has 0 bridgehead atoms. The first-order chi connectivity index (χ1) is 13.2. The maximum absolute atomic E-state index is 13.4. The second kappa shape index (κ2) is 7.19. The van der Waals surface area contributed by atoms with Crippen LogP contribution in [0.2, 0.25) is 0 Å². The summed E-state index contributed by atoms with van der Waals surface area (Å²) in [5.74, 6) is 0.557. The number of hydrogen-bond donors (Lipinski definition) is 1. The Morgan fingerprint density at radius 1 is 1.04 bits per heavy atom. The van der Waals surface area contributed by atoms with E-state index in [9.17, 15) is 4.39 Å². The second-order valence-corrected chi connectivity index (χ2v) is 6.63. The van der Waals surface area contributed by atoms with Crippen LogP contribution in [0.1, 0.15) is 20.3 Å². The molecule has 2 aromatic carbocycles. The first-order valence-electron chi connectivity index (χ1n) is 9.11. The van der Waals surface area contributed by atoms with Crippen LogP contribution in [0.5, 0.6) is 0 Å². The smallest absolute Gasteiger partial charge is 0.150 e. The third-order valence-corrected chi connectivity index (χ3v) is 4.77. The van der Waals surface area contributed by atoms with Crippen LogP contribution in [0.4, 0.5) is 10.2 Å². The lowest BCUT2D eigenvalue weighted by Crippen LogP contribution is -2.15. The van der Waals surface area contributed by atoms with Crippen molar-refractivity contribution in [3.8, 4) is 16.8 Å². The number of anilines is 1. The Morgan fingerprint density at radius 2 is 1.78 bits per heavy atom. The topological polar surface area (TPSA) is 42.7 Å². The highest BCUT2D eigenvalue weighted by Gasteiger charge is 2.18. The average molecular weight is 360 g/mol. The second-order valence-electron chi connectivity index (χ2n) is 6.63. The van der Waals surface area contributed by atoms with Gasteiger partial charge in [0.25, 0.3) is 0 Å². The maximum atomic E-state index is 13.4. The molecule has 0 aliphatic carbocycles. The molecule has 0 saturated heterocycles. The molecule has 1 atom stereocenters. The fourth-order valence-corrected chi connectivity index (χ4v) is 3.14. The van der Waals surface area contributed by atoms with E-state index < -0.39 is 0 Å². The van der Waals surface area contributed by atoms with E-state index in [1.165, 1.54) is 12.1 Å². The van der Waals surface area contributed by atoms with Crippen LogP contribution in [-0.4, -0.2) is 20.6 Å². The van der Waals surface area contributed by atoms with Gasteiger partial charge in [-0.3, -0.25) is 0 Å². The average Bonchev–Trinajstić information content (AvgIpc) is 3.10. The van der Waals surface area contributed by atoms with Crippen LogP contribution in [0.3, 0.4) is 0 Å². The third kappa shape index (κ3) is 3.28. The summed E-state index contributed by atoms with van der Waals surface area (Å²) in [5.41, 5.74) is 3.78. The molecule has 0 aliphatic rings. The summed E-state index contributed by atoms with van der Waals surface area (Å²) in [4.78, 5) is 9.04. The van der Waals surface area contributed by atoms with Gasteiger partial charge in [-0.05, 0) is 43.2 Å². The maximum Gasteiger partial charge on any atom is 0.150 e. The van der Waals surface area contributed by atoms with Gasteiger partial charge in [-0.15, -0.1) is 0 Å². The van der Waals surface area contributed by atoms with Crippen molar-refractivity contribution in [3.63, 3.8) is 0 Å². The van der Waals surface area contributed by atoms with E-state index in [4.69, 9.17) is 0 Å². The lowest BCUT2D eigenvalue weighted by molar-refractivity contribution is 0.627. The molecule has 27 heavy (non-hydrogen) atoms. The quantitative estimate of drug-likeness (QED) is 0.515. The Balaban J connectivity index is 1.98. The SMILES string of the molecule is CC[C@H](C)Nc1ncnc2c1c(-c1ccccc1)cn2-c1ccc(F)cc1. The molecule has 0 spiro atoms. The molecule has 0 saturated carbocycles. The number of nitrogens with zero attached hydrogens (tertiary/aromatic N) is 3. The fourth-order valence-electron chi connectivity index (χ4n) is 3.14. The highest BCUT2D eigenvalue weighted by Crippen LogP contribution is 2.35. The molecule has 0 unspecified atom stereocenters. The van der Waals surface area contributed by atoms with Crippen LogP contribution in [-0.2, 0) is 0 Å². The summed E-state index contributed by atoms with van der Waals surface area (Å²) in [6.07, 6.45) is 4.61. The van der Waals surface area contributed by atoms with Crippen LogP contribution in [0.15, 0.2) is 67.1 Å². The highest BCUT2D eigenvalue weighted by molar-refractivity contribution is 6.02. The van der Waals surface area contributed by atoms with Gasteiger partial charge >= 0.3 is 0 Å². The molecule has 0 aliphatic heterocycles. The standard InChI is InChI=1S/C22H21FN4/c1-3-15(2)26-21-20-19(16-7-5-4-6-8-16)13-27(22(20)25-14-24-21)18-11-9-17(23)10-12-18/h4-15H,3H2,1-2H3,(H,24,25,26)/t15-/m0/s1. The predicted molar refractivity (Wildman–Crippen MR) is 108 cm³/mol. The van der Waals surface area contributed by atoms with Gasteiger partial charge in [0.2, 0.25) is 0 Å². The van der Waals surface area contributed by atoms with E-state index in [-0.39, 0.29) is 5.82 Å². The summed E-state index contributed by atoms with van der Waals surface area (Å²) in [6, 6.07) is 16.9. The molecule has 2 heterocycles. The zero-order valence-corrected chi connectivity index (χ0v) is 15.4. The number of benzene rings is 2. The Kier molecular flexibility index (Phi) is 4.59. The van der Waals surface area contributed by atoms with E-state index in [1.54, 1.807) is 18.5 Å². The molecule has 0 amide bonds. The Bertz CT molecular complexity index is 1060. The predicted octanol–water partition coefficient (Wildman–Crippen LogP) is 5.44. The van der Waals surface area contributed by atoms with Gasteiger partial charge in [-0.2, -0.15) is 0 Å². The van der Waals surface area contributed by atoms with Gasteiger partial charge < -0.3 is 9.88 Å². The minimum atomic E-state index is -0.257. The zero-order chi connectivity index (χ0) is 18.8. The minimum absolute atomic E-state index is 0.257. The number of aromatic nitrogens is 3. The molecule has 4 rings (SSSR count). The molecule has 5 heteroatoms. The van der Waals surface area contributed by atoms with Crippen molar-refractivity contribution < 1.29 is 4.39 Å². The Hall–Kier alpha value is -3.21. The van der Waals surface area contributed by atoms with E-state index in [1.807, 2.05) is 29.0 Å². The van der Waals surface area contributed by atoms with Gasteiger partial charge in [0.05, 0.1) is 5.39 Å². The number of fused-ring (bicyclic) bond motifs is 1. The van der Waals surface area contributed by atoms with Crippen molar-refractivity contribution in [3.05, 3.63) is 72.9 Å². The summed E-state index contributed by atoms with van der Waals surface area (Å²) in [5, 5.41) is 4.46. The van der Waals surface area contributed by atoms with Crippen molar-refractivity contribution >= 4 is 16.9 Å². The molecule has 0 radical (unpaired) electrons. The van der Waals surface area contributed by atoms with Crippen molar-refractivity contribution in [2.45, 2.75) is 26.3 Å². The molecule has 4 aromatic rings. The fraction of sp³-hybridized carbons (Fsp3) is 0.182. The van der Waals surface area contributed by atoms with Gasteiger partial charge in [-0.1, -0.05) is 37.3 Å². The number of nitrogens with one attached hydrogen (secondary N) is 1. The number of halogens is 1. The highest BCUT2D eigenvalue weighted by atomic mass is 19.1. The van der Waals surface area contributed by atoms with E-state index in [0.717, 1.165) is 40.1 Å². The van der Waals surface area contributed by atoms with E-state index in [2.05, 4.69) is 41.3 Å².